The molecule has 0 aliphatic heterocycles. The first-order valence-electron chi connectivity index (χ1n) is 4.63. The minimum Gasteiger partial charge on any atom is -0.477 e. The molecule has 88 valence electrons. The molecule has 0 aromatic carbocycles. The molecule has 0 fully saturated rings. The summed E-state index contributed by atoms with van der Waals surface area (Å²) in [6, 6.07) is 2.61. The zero-order valence-corrected chi connectivity index (χ0v) is 8.88. The number of carbonyl (C=O) groups excluding carboxylic acids is 1. The molecule has 7 nitrogen and oxygen atoms in total. The van der Waals surface area contributed by atoms with Crippen LogP contribution >= 0.6 is 0 Å². The number of carboxylic acids is 1. The second-order valence-corrected chi connectivity index (χ2v) is 3.32. The van der Waals surface area contributed by atoms with Gasteiger partial charge >= 0.3 is 11.9 Å². The van der Waals surface area contributed by atoms with Gasteiger partial charge in [-0.25, -0.2) is 14.6 Å². The Morgan fingerprint density at radius 1 is 1.47 bits per heavy atom. The lowest BCUT2D eigenvalue weighted by molar-refractivity contribution is 0.0592. The average Bonchev–Trinajstić information content (AvgIpc) is 2.66. The molecule has 0 spiro atoms. The van der Waals surface area contributed by atoms with Crippen molar-refractivity contribution >= 4 is 23.3 Å². The van der Waals surface area contributed by atoms with Crippen LogP contribution in [0.25, 0.3) is 5.65 Å². The second kappa shape index (κ2) is 3.78. The summed E-state index contributed by atoms with van der Waals surface area (Å²) >= 11 is 0. The van der Waals surface area contributed by atoms with Crippen LogP contribution < -0.4 is 5.73 Å². The summed E-state index contributed by atoms with van der Waals surface area (Å²) in [6.45, 7) is 0. The number of hydrogen-bond donors (Lipinski definition) is 2. The minimum atomic E-state index is -1.22. The molecule has 2 heterocycles. The highest BCUT2D eigenvalue weighted by molar-refractivity contribution is 5.93. The lowest BCUT2D eigenvalue weighted by atomic mass is 10.3. The first-order chi connectivity index (χ1) is 8.02. The third-order valence-electron chi connectivity index (χ3n) is 2.20. The van der Waals surface area contributed by atoms with Gasteiger partial charge in [0.05, 0.1) is 12.8 Å². The Kier molecular flexibility index (Phi) is 2.43. The van der Waals surface area contributed by atoms with E-state index in [1.54, 1.807) is 0 Å². The van der Waals surface area contributed by atoms with Crippen molar-refractivity contribution in [1.82, 2.24) is 9.38 Å². The van der Waals surface area contributed by atoms with Crippen molar-refractivity contribution in [3.8, 4) is 0 Å². The van der Waals surface area contributed by atoms with E-state index in [-0.39, 0.29) is 17.0 Å². The molecule has 0 amide bonds. The number of esters is 1. The molecule has 7 heteroatoms. The third-order valence-corrected chi connectivity index (χ3v) is 2.20. The number of rotatable bonds is 2. The Bertz CT molecular complexity index is 617. The number of carboxylic acid groups (broad SMARTS) is 1. The molecule has 0 bridgehead atoms. The maximum Gasteiger partial charge on any atom is 0.355 e. The van der Waals surface area contributed by atoms with Crippen molar-refractivity contribution in [3.63, 3.8) is 0 Å². The molecule has 3 N–H and O–H groups in total. The van der Waals surface area contributed by atoms with Crippen molar-refractivity contribution < 1.29 is 19.4 Å². The van der Waals surface area contributed by atoms with Crippen molar-refractivity contribution in [2.45, 2.75) is 0 Å². The van der Waals surface area contributed by atoms with Crippen LogP contribution in [0.15, 0.2) is 18.3 Å². The van der Waals surface area contributed by atoms with Gasteiger partial charge in [-0.15, -0.1) is 0 Å². The van der Waals surface area contributed by atoms with Gasteiger partial charge in [-0.05, 0) is 0 Å². The SMILES string of the molecule is COC(=O)c1cc(C(=O)O)nc2cc(N)cn12. The highest BCUT2D eigenvalue weighted by atomic mass is 16.5. The van der Waals surface area contributed by atoms with E-state index in [1.165, 1.54) is 23.8 Å². The number of carbonyl (C=O) groups is 2. The zero-order chi connectivity index (χ0) is 12.6. The molecule has 0 aliphatic rings. The predicted molar refractivity (Wildman–Crippen MR) is 57.9 cm³/mol. The van der Waals surface area contributed by atoms with Crippen molar-refractivity contribution in [1.29, 1.82) is 0 Å². The summed E-state index contributed by atoms with van der Waals surface area (Å²) in [4.78, 5) is 26.2. The molecular formula is C10H9N3O4. The van der Waals surface area contributed by atoms with E-state index in [0.717, 1.165) is 6.07 Å². The molecule has 0 aliphatic carbocycles. The number of nitrogen functional groups attached to an aromatic ring is 1. The number of aromatic nitrogens is 2. The van der Waals surface area contributed by atoms with Crippen LogP contribution in [0.1, 0.15) is 21.0 Å². The molecule has 0 atom stereocenters. The zero-order valence-electron chi connectivity index (χ0n) is 8.88. The van der Waals surface area contributed by atoms with Gasteiger partial charge in [-0.3, -0.25) is 4.40 Å². The highest BCUT2D eigenvalue weighted by Crippen LogP contribution is 2.15. The van der Waals surface area contributed by atoms with E-state index >= 15 is 0 Å². The van der Waals surface area contributed by atoms with Crippen LogP contribution in [0.4, 0.5) is 5.69 Å². The smallest absolute Gasteiger partial charge is 0.355 e. The van der Waals surface area contributed by atoms with Gasteiger partial charge in [-0.2, -0.15) is 0 Å². The fourth-order valence-corrected chi connectivity index (χ4v) is 1.48. The van der Waals surface area contributed by atoms with Gasteiger partial charge in [0.2, 0.25) is 0 Å². The average molecular weight is 235 g/mol. The highest BCUT2D eigenvalue weighted by Gasteiger charge is 2.16. The number of hydrogen-bond acceptors (Lipinski definition) is 5. The van der Waals surface area contributed by atoms with Crippen LogP contribution in [0.5, 0.6) is 0 Å². The van der Waals surface area contributed by atoms with Gasteiger partial charge < -0.3 is 15.6 Å². The summed E-state index contributed by atoms with van der Waals surface area (Å²) in [5, 5.41) is 8.87. The molecule has 0 saturated heterocycles. The predicted octanol–water partition coefficient (Wildman–Crippen LogP) is 0.401. The fraction of sp³-hybridized carbons (Fsp3) is 0.100. The normalized spacial score (nSPS) is 10.4. The maximum absolute atomic E-state index is 11.5. The number of anilines is 1. The summed E-state index contributed by atoms with van der Waals surface area (Å²) in [7, 11) is 1.21. The lowest BCUT2D eigenvalue weighted by Crippen LogP contribution is -2.12. The fourth-order valence-electron chi connectivity index (χ4n) is 1.48. The summed E-state index contributed by atoms with van der Waals surface area (Å²) in [5.74, 6) is -1.88. The first-order valence-corrected chi connectivity index (χ1v) is 4.63. The van der Waals surface area contributed by atoms with Gasteiger partial charge in [0.1, 0.15) is 11.3 Å². The molecule has 2 aromatic heterocycles. The van der Waals surface area contributed by atoms with Gasteiger partial charge in [-0.1, -0.05) is 0 Å². The lowest BCUT2D eigenvalue weighted by Gasteiger charge is -2.04. The summed E-state index contributed by atoms with van der Waals surface area (Å²) in [6.07, 6.45) is 1.47. The van der Waals surface area contributed by atoms with Gasteiger partial charge in [0.15, 0.2) is 5.69 Å². The van der Waals surface area contributed by atoms with Crippen LogP contribution in [0.3, 0.4) is 0 Å². The molecular weight excluding hydrogens is 226 g/mol. The van der Waals surface area contributed by atoms with E-state index in [0.29, 0.717) is 5.69 Å². The largest absolute Gasteiger partial charge is 0.477 e. The van der Waals surface area contributed by atoms with Crippen molar-refractivity contribution in [3.05, 3.63) is 29.7 Å². The standard InChI is InChI=1S/C10H9N3O4/c1-17-10(16)7-3-6(9(14)15)12-8-2-5(11)4-13(7)8/h2-4H,11H2,1H3,(H,14,15). The molecule has 0 radical (unpaired) electrons. The molecule has 0 saturated carbocycles. The number of nitrogens with two attached hydrogens (primary N) is 1. The Labute approximate surface area is 95.4 Å². The monoisotopic (exact) mass is 235 g/mol. The van der Waals surface area contributed by atoms with E-state index in [1.807, 2.05) is 0 Å². The number of methoxy groups -OCH3 is 1. The van der Waals surface area contributed by atoms with E-state index in [2.05, 4.69) is 9.72 Å². The van der Waals surface area contributed by atoms with Crippen LogP contribution in [0, 0.1) is 0 Å². The molecule has 2 rings (SSSR count). The number of ether oxygens (including phenoxy) is 1. The summed E-state index contributed by atoms with van der Waals surface area (Å²) in [5.41, 5.74) is 6.05. The Hall–Kier alpha value is -2.57. The van der Waals surface area contributed by atoms with Crippen molar-refractivity contribution in [2.24, 2.45) is 0 Å². The number of fused-ring (bicyclic) bond motifs is 1. The quantitative estimate of drug-likeness (QED) is 0.729. The molecule has 17 heavy (non-hydrogen) atoms. The van der Waals surface area contributed by atoms with Crippen LogP contribution in [0.2, 0.25) is 0 Å². The maximum atomic E-state index is 11.5. The van der Waals surface area contributed by atoms with Gasteiger partial charge in [0.25, 0.3) is 0 Å². The number of aromatic carboxylic acids is 1. The summed E-state index contributed by atoms with van der Waals surface area (Å²) < 4.78 is 5.95. The van der Waals surface area contributed by atoms with E-state index < -0.39 is 11.9 Å². The van der Waals surface area contributed by atoms with Crippen LogP contribution in [-0.2, 0) is 4.74 Å². The topological polar surface area (TPSA) is 107 Å². The van der Waals surface area contributed by atoms with Crippen LogP contribution in [-0.4, -0.2) is 33.5 Å². The van der Waals surface area contributed by atoms with E-state index in [4.69, 9.17) is 10.8 Å². The van der Waals surface area contributed by atoms with Gasteiger partial charge in [0, 0.05) is 18.3 Å². The Balaban J connectivity index is 2.77. The Morgan fingerprint density at radius 2 is 2.18 bits per heavy atom. The minimum absolute atomic E-state index is 0.0617. The third kappa shape index (κ3) is 1.78. The van der Waals surface area contributed by atoms with E-state index in [9.17, 15) is 9.59 Å². The molecule has 0 unspecified atom stereocenters. The molecule has 2 aromatic rings. The first kappa shape index (κ1) is 10.9. The second-order valence-electron chi connectivity index (χ2n) is 3.32. The van der Waals surface area contributed by atoms with Crippen molar-refractivity contribution in [2.75, 3.05) is 12.8 Å². The Morgan fingerprint density at radius 3 is 2.76 bits per heavy atom. The number of nitrogens with zero attached hydrogens (tertiary/aromatic N) is 2.